The monoisotopic (exact) mass is 362 g/mol. The van der Waals surface area contributed by atoms with Gasteiger partial charge in [0, 0.05) is 19.6 Å². The van der Waals surface area contributed by atoms with Crippen LogP contribution in [0.1, 0.15) is 22.3 Å². The van der Waals surface area contributed by atoms with Gasteiger partial charge in [0.05, 0.1) is 5.57 Å². The minimum absolute atomic E-state index is 0.554. The maximum absolute atomic E-state index is 6.50. The molecule has 0 atom stereocenters. The van der Waals surface area contributed by atoms with Crippen LogP contribution in [0.4, 0.5) is 11.4 Å². The smallest absolute Gasteiger partial charge is 0.335 e. The van der Waals surface area contributed by atoms with Gasteiger partial charge in [-0.15, -0.1) is 0 Å². The summed E-state index contributed by atoms with van der Waals surface area (Å²) in [5, 5.41) is 9.71. The molecule has 5 rings (SSSR count). The molecule has 27 heavy (non-hydrogen) atoms. The number of hydrogen-bond donors (Lipinski definition) is 0. The fraction of sp³-hybridized carbons (Fsp3) is 0.333. The Hall–Kier alpha value is -3.02. The van der Waals surface area contributed by atoms with E-state index in [-0.39, 0.29) is 0 Å². The molecule has 0 unspecified atom stereocenters. The number of hydrogen-bond acceptors (Lipinski definition) is 4. The van der Waals surface area contributed by atoms with Gasteiger partial charge in [0.25, 0.3) is 0 Å². The van der Waals surface area contributed by atoms with Crippen LogP contribution < -0.4 is 9.47 Å². The fourth-order valence-corrected chi connectivity index (χ4v) is 4.04. The van der Waals surface area contributed by atoms with Crippen molar-refractivity contribution in [3.8, 4) is 11.5 Å². The molecule has 3 aliphatic heterocycles. The molecule has 1 fully saturated rings. The zero-order valence-corrected chi connectivity index (χ0v) is 16.0. The number of ether oxygens (including phenoxy) is 2. The summed E-state index contributed by atoms with van der Waals surface area (Å²) in [5.74, 6) is 1.47. The quantitative estimate of drug-likeness (QED) is 0.500. The van der Waals surface area contributed by atoms with E-state index in [0.29, 0.717) is 13.1 Å². The molecule has 1 spiro atoms. The van der Waals surface area contributed by atoms with Gasteiger partial charge in [0.15, 0.2) is 22.9 Å². The van der Waals surface area contributed by atoms with Gasteiger partial charge >= 0.3 is 6.03 Å². The fourth-order valence-electron chi connectivity index (χ4n) is 4.04. The van der Waals surface area contributed by atoms with Crippen LogP contribution in [0.3, 0.4) is 0 Å². The molecular weight excluding hydrogens is 340 g/mol. The first-order chi connectivity index (χ1) is 12.9. The Morgan fingerprint density at radius 3 is 1.70 bits per heavy atom. The molecule has 3 heterocycles. The van der Waals surface area contributed by atoms with Gasteiger partial charge in [-0.3, -0.25) is 0 Å². The van der Waals surface area contributed by atoms with Crippen LogP contribution >= 0.6 is 0 Å². The van der Waals surface area contributed by atoms with Gasteiger partial charge in [-0.1, -0.05) is 18.7 Å². The molecular formula is C21H22N4O2+2. The van der Waals surface area contributed by atoms with Crippen LogP contribution in [-0.4, -0.2) is 28.5 Å². The maximum atomic E-state index is 6.50. The Morgan fingerprint density at radius 2 is 1.26 bits per heavy atom. The van der Waals surface area contributed by atoms with Crippen molar-refractivity contribution >= 4 is 11.4 Å². The molecule has 6 heteroatoms. The molecule has 6 nitrogen and oxygen atoms in total. The molecule has 0 amide bonds. The summed E-state index contributed by atoms with van der Waals surface area (Å²) in [6.07, 6.45) is 0. The Morgan fingerprint density at radius 1 is 0.815 bits per heavy atom. The lowest BCUT2D eigenvalue weighted by molar-refractivity contribution is -0.962. The summed E-state index contributed by atoms with van der Waals surface area (Å²) < 4.78 is 16.6. The highest BCUT2D eigenvalue weighted by Crippen LogP contribution is 2.47. The normalized spacial score (nSPS) is 18.7. The third-order valence-electron chi connectivity index (χ3n) is 5.12. The summed E-state index contributed by atoms with van der Waals surface area (Å²) >= 11 is 0. The summed E-state index contributed by atoms with van der Waals surface area (Å²) in [6.45, 7) is 13.4. The van der Waals surface area contributed by atoms with E-state index >= 15 is 0 Å². The molecule has 1 saturated heterocycles. The van der Waals surface area contributed by atoms with Crippen LogP contribution in [0.5, 0.6) is 11.5 Å². The van der Waals surface area contributed by atoms with Gasteiger partial charge in [-0.05, 0) is 62.1 Å². The second-order valence-electron chi connectivity index (χ2n) is 7.68. The van der Waals surface area contributed by atoms with E-state index in [0.717, 1.165) is 50.7 Å². The topological polar surface area (TPSA) is 49.2 Å². The van der Waals surface area contributed by atoms with Crippen molar-refractivity contribution in [1.82, 2.24) is 0 Å². The Labute approximate surface area is 158 Å². The third kappa shape index (κ3) is 2.25. The van der Waals surface area contributed by atoms with Crippen molar-refractivity contribution < 1.29 is 18.9 Å². The summed E-state index contributed by atoms with van der Waals surface area (Å²) in [6, 6.07) is 7.02. The largest absolute Gasteiger partial charge is 0.751 e. The minimum atomic E-state index is -1.22. The molecule has 0 aliphatic carbocycles. The second-order valence-corrected chi connectivity index (χ2v) is 7.68. The first-order valence-electron chi connectivity index (χ1n) is 9.11. The van der Waals surface area contributed by atoms with Gasteiger partial charge in [0.1, 0.15) is 0 Å². The molecule has 3 aliphatic rings. The van der Waals surface area contributed by atoms with Gasteiger partial charge in [-0.25, -0.2) is 0 Å². The van der Waals surface area contributed by atoms with Crippen LogP contribution in [0.15, 0.2) is 46.6 Å². The number of azo groups is 4. The zero-order valence-electron chi connectivity index (χ0n) is 16.0. The molecule has 0 saturated carbocycles. The van der Waals surface area contributed by atoms with Crippen molar-refractivity contribution in [3.63, 3.8) is 0 Å². The van der Waals surface area contributed by atoms with Crippen LogP contribution in [0.25, 0.3) is 0 Å². The summed E-state index contributed by atoms with van der Waals surface area (Å²) in [4.78, 5) is 0. The highest BCUT2D eigenvalue weighted by atomic mass is 16.8. The lowest BCUT2D eigenvalue weighted by Crippen LogP contribution is -2.65. The zero-order chi connectivity index (χ0) is 18.9. The SMILES string of the molecule is C=C1C[N+]2=Nc3cc(C)cc(C)c3OC23Oc2c(C)cc(C)cc2N=[N+]3C1. The first-order valence-corrected chi connectivity index (χ1v) is 9.11. The maximum Gasteiger partial charge on any atom is 0.751 e. The third-order valence-corrected chi connectivity index (χ3v) is 5.12. The van der Waals surface area contributed by atoms with Crippen molar-refractivity contribution in [1.29, 1.82) is 0 Å². The van der Waals surface area contributed by atoms with Crippen LogP contribution in [0.2, 0.25) is 0 Å². The van der Waals surface area contributed by atoms with E-state index in [9.17, 15) is 0 Å². The molecule has 136 valence electrons. The molecule has 2 aromatic rings. The van der Waals surface area contributed by atoms with Crippen molar-refractivity contribution in [2.24, 2.45) is 10.2 Å². The number of aryl methyl sites for hydroxylation is 4. The van der Waals surface area contributed by atoms with Crippen molar-refractivity contribution in [2.75, 3.05) is 13.1 Å². The van der Waals surface area contributed by atoms with Gasteiger partial charge in [0.2, 0.25) is 13.1 Å². The lowest BCUT2D eigenvalue weighted by atomic mass is 10.1. The minimum Gasteiger partial charge on any atom is -0.335 e. The molecule has 0 aromatic heterocycles. The Bertz CT molecular complexity index is 1010. The van der Waals surface area contributed by atoms with E-state index in [1.165, 1.54) is 0 Å². The average molecular weight is 362 g/mol. The second kappa shape index (κ2) is 5.25. The van der Waals surface area contributed by atoms with Crippen LogP contribution in [0, 0.1) is 27.7 Å². The Balaban J connectivity index is 1.75. The average Bonchev–Trinajstić information content (AvgIpc) is 2.57. The number of rotatable bonds is 0. The van der Waals surface area contributed by atoms with Gasteiger partial charge in [-0.2, -0.15) is 0 Å². The Kier molecular flexibility index (Phi) is 3.15. The molecule has 0 radical (unpaired) electrons. The van der Waals surface area contributed by atoms with E-state index in [4.69, 9.17) is 19.7 Å². The predicted molar refractivity (Wildman–Crippen MR) is 99.4 cm³/mol. The molecule has 2 aromatic carbocycles. The molecule has 0 N–H and O–H groups in total. The van der Waals surface area contributed by atoms with E-state index < -0.39 is 6.03 Å². The summed E-state index contributed by atoms with van der Waals surface area (Å²) in [7, 11) is 0. The summed E-state index contributed by atoms with van der Waals surface area (Å²) in [5.41, 5.74) is 6.97. The van der Waals surface area contributed by atoms with Crippen molar-refractivity contribution in [2.45, 2.75) is 33.7 Å². The number of fused-ring (bicyclic) bond motifs is 2. The standard InChI is InChI=1S/C21H22N4O2/c1-12-6-15(4)19-17(8-12)22-24-10-14(3)11-25-21(24,26-19)27-20-16(5)7-13(2)9-18(20)23-25/h6-9H,3,10-11H2,1-2,4-5H3/q+2. The highest BCUT2D eigenvalue weighted by Gasteiger charge is 2.71. The first kappa shape index (κ1) is 16.2. The van der Waals surface area contributed by atoms with Gasteiger partial charge < -0.3 is 9.47 Å². The number of nitrogens with zero attached hydrogens (tertiary/aromatic N) is 4. The van der Waals surface area contributed by atoms with Crippen molar-refractivity contribution in [3.05, 3.63) is 58.7 Å². The lowest BCUT2D eigenvalue weighted by Gasteiger charge is -2.31. The predicted octanol–water partition coefficient (Wildman–Crippen LogP) is 4.78. The number of benzene rings is 2. The van der Waals surface area contributed by atoms with Crippen LogP contribution in [-0.2, 0) is 0 Å². The van der Waals surface area contributed by atoms with E-state index in [1.807, 2.05) is 35.4 Å². The molecule has 0 bridgehead atoms. The van der Waals surface area contributed by atoms with E-state index in [2.05, 4.69) is 32.6 Å². The highest BCUT2D eigenvalue weighted by molar-refractivity contribution is 5.59. The van der Waals surface area contributed by atoms with E-state index in [1.54, 1.807) is 0 Å².